The number of hydrogen-bond donors (Lipinski definition) is 1. The van der Waals surface area contributed by atoms with Crippen LogP contribution in [0, 0.1) is 5.92 Å². The standard InChI is InChI=1S/C18H17N3O3/c22-18(14-7-9-24-12-14)19-17-10-16(13-6-8-23-11-13)20-21(17)15-4-2-1-3-5-15/h1-6,8,10-11,14H,7,9,12H2,(H,19,22). The first-order valence-corrected chi connectivity index (χ1v) is 7.88. The van der Waals surface area contributed by atoms with Gasteiger partial charge in [0.25, 0.3) is 0 Å². The molecule has 6 nitrogen and oxygen atoms in total. The van der Waals surface area contributed by atoms with E-state index in [0.717, 1.165) is 23.4 Å². The lowest BCUT2D eigenvalue weighted by Crippen LogP contribution is -2.24. The van der Waals surface area contributed by atoms with E-state index in [9.17, 15) is 4.79 Å². The Bertz CT molecular complexity index is 819. The van der Waals surface area contributed by atoms with Gasteiger partial charge in [0.15, 0.2) is 0 Å². The normalized spacial score (nSPS) is 17.1. The number of carbonyl (C=O) groups is 1. The van der Waals surface area contributed by atoms with Gasteiger partial charge in [-0.1, -0.05) is 18.2 Å². The smallest absolute Gasteiger partial charge is 0.231 e. The zero-order valence-corrected chi connectivity index (χ0v) is 13.0. The van der Waals surface area contributed by atoms with Crippen LogP contribution in [0.5, 0.6) is 0 Å². The van der Waals surface area contributed by atoms with Crippen molar-refractivity contribution in [2.75, 3.05) is 18.5 Å². The molecule has 1 aliphatic heterocycles. The Morgan fingerprint density at radius 2 is 2.12 bits per heavy atom. The van der Waals surface area contributed by atoms with Gasteiger partial charge in [-0.3, -0.25) is 4.79 Å². The fourth-order valence-electron chi connectivity index (χ4n) is 2.76. The highest BCUT2D eigenvalue weighted by atomic mass is 16.5. The molecule has 1 aromatic carbocycles. The molecule has 3 aromatic rings. The third-order valence-corrected chi connectivity index (χ3v) is 4.08. The third-order valence-electron chi connectivity index (χ3n) is 4.08. The van der Waals surface area contributed by atoms with Crippen molar-refractivity contribution in [1.82, 2.24) is 9.78 Å². The summed E-state index contributed by atoms with van der Waals surface area (Å²) in [6.45, 7) is 1.11. The molecule has 3 heterocycles. The van der Waals surface area contributed by atoms with E-state index in [4.69, 9.17) is 9.15 Å². The largest absolute Gasteiger partial charge is 0.472 e. The highest BCUT2D eigenvalue weighted by Gasteiger charge is 2.25. The van der Waals surface area contributed by atoms with Gasteiger partial charge in [-0.05, 0) is 24.6 Å². The molecular weight excluding hydrogens is 306 g/mol. The number of benzene rings is 1. The molecule has 122 valence electrons. The minimum absolute atomic E-state index is 0.0386. The van der Waals surface area contributed by atoms with Crippen molar-refractivity contribution in [1.29, 1.82) is 0 Å². The predicted molar refractivity (Wildman–Crippen MR) is 88.8 cm³/mol. The molecule has 1 amide bonds. The van der Waals surface area contributed by atoms with Crippen molar-refractivity contribution in [3.05, 3.63) is 55.0 Å². The topological polar surface area (TPSA) is 69.3 Å². The Kier molecular flexibility index (Phi) is 3.88. The van der Waals surface area contributed by atoms with Crippen molar-refractivity contribution >= 4 is 11.7 Å². The maximum absolute atomic E-state index is 12.4. The molecule has 24 heavy (non-hydrogen) atoms. The van der Waals surface area contributed by atoms with Crippen LogP contribution >= 0.6 is 0 Å². The molecule has 0 spiro atoms. The van der Waals surface area contributed by atoms with Crippen LogP contribution in [0.4, 0.5) is 5.82 Å². The molecule has 0 saturated carbocycles. The van der Waals surface area contributed by atoms with E-state index in [2.05, 4.69) is 10.4 Å². The molecule has 0 radical (unpaired) electrons. The van der Waals surface area contributed by atoms with E-state index >= 15 is 0 Å². The summed E-state index contributed by atoms with van der Waals surface area (Å²) < 4.78 is 12.2. The Morgan fingerprint density at radius 3 is 2.83 bits per heavy atom. The predicted octanol–water partition coefficient (Wildman–Crippen LogP) is 3.11. The van der Waals surface area contributed by atoms with Crippen molar-refractivity contribution in [3.63, 3.8) is 0 Å². The average molecular weight is 323 g/mol. The van der Waals surface area contributed by atoms with E-state index in [-0.39, 0.29) is 11.8 Å². The summed E-state index contributed by atoms with van der Waals surface area (Å²) in [5, 5.41) is 7.60. The zero-order chi connectivity index (χ0) is 16.4. The van der Waals surface area contributed by atoms with E-state index in [1.165, 1.54) is 0 Å². The number of aromatic nitrogens is 2. The quantitative estimate of drug-likeness (QED) is 0.801. The van der Waals surface area contributed by atoms with Gasteiger partial charge in [0.05, 0.1) is 36.4 Å². The van der Waals surface area contributed by atoms with E-state index in [0.29, 0.717) is 19.0 Å². The second-order valence-electron chi connectivity index (χ2n) is 5.72. The number of amides is 1. The number of carbonyl (C=O) groups excluding carboxylic acids is 1. The van der Waals surface area contributed by atoms with E-state index in [1.54, 1.807) is 17.2 Å². The van der Waals surface area contributed by atoms with Crippen molar-refractivity contribution < 1.29 is 13.9 Å². The molecular formula is C18H17N3O3. The lowest BCUT2D eigenvalue weighted by Gasteiger charge is -2.11. The monoisotopic (exact) mass is 323 g/mol. The highest BCUT2D eigenvalue weighted by Crippen LogP contribution is 2.26. The van der Waals surface area contributed by atoms with Crippen LogP contribution in [0.2, 0.25) is 0 Å². The number of rotatable bonds is 4. The van der Waals surface area contributed by atoms with Gasteiger partial charge in [0.2, 0.25) is 5.91 Å². The summed E-state index contributed by atoms with van der Waals surface area (Å²) in [5.41, 5.74) is 2.49. The Labute approximate surface area is 139 Å². The van der Waals surface area contributed by atoms with Crippen LogP contribution < -0.4 is 5.32 Å². The van der Waals surface area contributed by atoms with E-state index in [1.807, 2.05) is 42.5 Å². The lowest BCUT2D eigenvalue weighted by atomic mass is 10.1. The summed E-state index contributed by atoms with van der Waals surface area (Å²) >= 11 is 0. The van der Waals surface area contributed by atoms with E-state index < -0.39 is 0 Å². The summed E-state index contributed by atoms with van der Waals surface area (Å²) in [6, 6.07) is 13.4. The summed E-state index contributed by atoms with van der Waals surface area (Å²) in [7, 11) is 0. The van der Waals surface area contributed by atoms with Gasteiger partial charge in [0, 0.05) is 18.2 Å². The molecule has 1 aliphatic rings. The molecule has 6 heteroatoms. The maximum Gasteiger partial charge on any atom is 0.231 e. The molecule has 0 bridgehead atoms. The summed E-state index contributed by atoms with van der Waals surface area (Å²) in [5.74, 6) is 0.485. The number of ether oxygens (including phenoxy) is 1. The summed E-state index contributed by atoms with van der Waals surface area (Å²) in [6.07, 6.45) is 3.99. The molecule has 1 atom stereocenters. The van der Waals surface area contributed by atoms with Gasteiger partial charge in [-0.15, -0.1) is 0 Å². The van der Waals surface area contributed by atoms with Crippen molar-refractivity contribution in [3.8, 4) is 16.9 Å². The van der Waals surface area contributed by atoms with Crippen LogP contribution in [0.3, 0.4) is 0 Å². The number of nitrogens with zero attached hydrogens (tertiary/aromatic N) is 2. The SMILES string of the molecule is O=C(Nc1cc(-c2ccoc2)nn1-c1ccccc1)C1CCOC1. The Balaban J connectivity index is 1.69. The molecule has 1 fully saturated rings. The zero-order valence-electron chi connectivity index (χ0n) is 13.0. The summed E-state index contributed by atoms with van der Waals surface area (Å²) in [4.78, 5) is 12.4. The van der Waals surface area contributed by atoms with Crippen LogP contribution in [-0.2, 0) is 9.53 Å². The number of para-hydroxylation sites is 1. The van der Waals surface area contributed by atoms with Crippen LogP contribution in [-0.4, -0.2) is 28.9 Å². The number of hydrogen-bond acceptors (Lipinski definition) is 4. The Hall–Kier alpha value is -2.86. The lowest BCUT2D eigenvalue weighted by molar-refractivity contribution is -0.119. The Morgan fingerprint density at radius 1 is 1.25 bits per heavy atom. The maximum atomic E-state index is 12.4. The fraction of sp³-hybridized carbons (Fsp3) is 0.222. The molecule has 1 unspecified atom stereocenters. The van der Waals surface area contributed by atoms with Crippen LogP contribution in [0.1, 0.15) is 6.42 Å². The first kappa shape index (κ1) is 14.7. The third kappa shape index (κ3) is 2.83. The van der Waals surface area contributed by atoms with Crippen LogP contribution in [0.15, 0.2) is 59.4 Å². The van der Waals surface area contributed by atoms with Crippen molar-refractivity contribution in [2.45, 2.75) is 6.42 Å². The second kappa shape index (κ2) is 6.33. The number of furan rings is 1. The van der Waals surface area contributed by atoms with Gasteiger partial charge in [-0.25, -0.2) is 4.68 Å². The first-order valence-electron chi connectivity index (χ1n) is 7.88. The molecule has 1 N–H and O–H groups in total. The van der Waals surface area contributed by atoms with Gasteiger partial charge < -0.3 is 14.5 Å². The highest BCUT2D eigenvalue weighted by molar-refractivity contribution is 5.92. The molecule has 2 aromatic heterocycles. The van der Waals surface area contributed by atoms with Gasteiger partial charge >= 0.3 is 0 Å². The number of nitrogens with one attached hydrogen (secondary N) is 1. The fourth-order valence-corrected chi connectivity index (χ4v) is 2.76. The average Bonchev–Trinajstić information content (AvgIpc) is 3.36. The minimum atomic E-state index is -0.110. The van der Waals surface area contributed by atoms with Crippen molar-refractivity contribution in [2.24, 2.45) is 5.92 Å². The second-order valence-corrected chi connectivity index (χ2v) is 5.72. The number of anilines is 1. The molecule has 0 aliphatic carbocycles. The minimum Gasteiger partial charge on any atom is -0.472 e. The first-order chi connectivity index (χ1) is 11.8. The molecule has 4 rings (SSSR count). The van der Waals surface area contributed by atoms with Gasteiger partial charge in [-0.2, -0.15) is 5.10 Å². The van der Waals surface area contributed by atoms with Gasteiger partial charge in [0.1, 0.15) is 5.82 Å². The molecule has 1 saturated heterocycles. The van der Waals surface area contributed by atoms with Crippen LogP contribution in [0.25, 0.3) is 16.9 Å².